The van der Waals surface area contributed by atoms with E-state index < -0.39 is 54.8 Å². The summed E-state index contributed by atoms with van der Waals surface area (Å²) in [5, 5.41) is 0. The molecule has 0 aromatic carbocycles. The molecule has 0 aliphatic heterocycles. The standard InChI is InChI=1S/C9HF19O2/c10-1(11)2(12,5(16,17)18)29-9(27,28)4(15,7(22,23)24)30-8(25,26)3(13,14)6(19,20)21/h1H. The minimum atomic E-state index is -8.16. The van der Waals surface area contributed by atoms with Crippen LogP contribution in [-0.4, -0.2) is 54.8 Å². The van der Waals surface area contributed by atoms with E-state index in [4.69, 9.17) is 0 Å². The van der Waals surface area contributed by atoms with Crippen molar-refractivity contribution in [2.24, 2.45) is 0 Å². The van der Waals surface area contributed by atoms with Crippen molar-refractivity contribution in [2.75, 3.05) is 0 Å². The first-order valence-electron chi connectivity index (χ1n) is 6.00. The third kappa shape index (κ3) is 4.59. The Morgan fingerprint density at radius 1 is 0.433 bits per heavy atom. The third-order valence-electron chi connectivity index (χ3n) is 2.67. The summed E-state index contributed by atoms with van der Waals surface area (Å²) in [7, 11) is 0. The Morgan fingerprint density at radius 3 is 1.03 bits per heavy atom. The summed E-state index contributed by atoms with van der Waals surface area (Å²) in [6.07, 6.45) is -45.1. The molecule has 0 saturated carbocycles. The zero-order chi connectivity index (χ0) is 25.0. The van der Waals surface area contributed by atoms with Gasteiger partial charge in [-0.1, -0.05) is 0 Å². The molecule has 2 atom stereocenters. The molecule has 30 heavy (non-hydrogen) atoms. The topological polar surface area (TPSA) is 18.5 Å². The average molecular weight is 502 g/mol. The van der Waals surface area contributed by atoms with Gasteiger partial charge in [0.2, 0.25) is 0 Å². The first-order chi connectivity index (χ1) is 12.6. The number of hydrogen-bond donors (Lipinski definition) is 0. The SMILES string of the molecule is FC(F)C(F)(OC(F)(F)C(F)(OC(F)(F)C(F)(F)C(F)(F)F)C(F)(F)F)C(F)(F)F. The van der Waals surface area contributed by atoms with Crippen LogP contribution in [0.25, 0.3) is 0 Å². The van der Waals surface area contributed by atoms with E-state index in [1.165, 1.54) is 4.74 Å². The van der Waals surface area contributed by atoms with Gasteiger partial charge in [0.25, 0.3) is 0 Å². The number of halogens is 19. The Morgan fingerprint density at radius 2 is 0.800 bits per heavy atom. The van der Waals surface area contributed by atoms with Crippen molar-refractivity contribution in [1.82, 2.24) is 0 Å². The third-order valence-corrected chi connectivity index (χ3v) is 2.67. The van der Waals surface area contributed by atoms with Gasteiger partial charge >= 0.3 is 54.8 Å². The minimum absolute atomic E-state index is 1.14. The van der Waals surface area contributed by atoms with Gasteiger partial charge in [-0.05, 0) is 0 Å². The summed E-state index contributed by atoms with van der Waals surface area (Å²) in [6, 6.07) is 0. The molecule has 0 spiro atoms. The van der Waals surface area contributed by atoms with Crippen LogP contribution in [0.4, 0.5) is 83.4 Å². The number of hydrogen-bond acceptors (Lipinski definition) is 2. The molecule has 0 amide bonds. The van der Waals surface area contributed by atoms with Crippen LogP contribution < -0.4 is 0 Å². The Labute approximate surface area is 149 Å². The summed E-state index contributed by atoms with van der Waals surface area (Å²) in [5.74, 6) is -23.3. The highest BCUT2D eigenvalue weighted by molar-refractivity contribution is 4.95. The quantitative estimate of drug-likeness (QED) is 0.391. The molecule has 0 rings (SSSR count). The molecule has 21 heteroatoms. The van der Waals surface area contributed by atoms with Crippen molar-refractivity contribution in [3.63, 3.8) is 0 Å². The Balaban J connectivity index is 6.60. The molecule has 0 radical (unpaired) electrons. The van der Waals surface area contributed by atoms with Crippen molar-refractivity contribution in [2.45, 2.75) is 54.8 Å². The van der Waals surface area contributed by atoms with E-state index in [9.17, 15) is 83.4 Å². The van der Waals surface area contributed by atoms with Gasteiger partial charge in [-0.2, -0.15) is 74.6 Å². The van der Waals surface area contributed by atoms with Gasteiger partial charge in [-0.3, -0.25) is 9.47 Å². The van der Waals surface area contributed by atoms with Crippen molar-refractivity contribution < 1.29 is 92.9 Å². The predicted molar refractivity (Wildman–Crippen MR) is 48.9 cm³/mol. The lowest BCUT2D eigenvalue weighted by Gasteiger charge is -2.40. The molecule has 2 nitrogen and oxygen atoms in total. The second-order valence-electron chi connectivity index (χ2n) is 4.85. The number of alkyl halides is 19. The monoisotopic (exact) mass is 502 g/mol. The van der Waals surface area contributed by atoms with Crippen LogP contribution >= 0.6 is 0 Å². The zero-order valence-corrected chi connectivity index (χ0v) is 12.6. The first-order valence-corrected chi connectivity index (χ1v) is 6.00. The minimum Gasteiger partial charge on any atom is -0.265 e. The predicted octanol–water partition coefficient (Wildman–Crippen LogP) is 6.12. The smallest absolute Gasteiger partial charge is 0.265 e. The van der Waals surface area contributed by atoms with Gasteiger partial charge in [-0.15, -0.1) is 0 Å². The summed E-state index contributed by atoms with van der Waals surface area (Å²) in [5.41, 5.74) is 0. The van der Waals surface area contributed by atoms with E-state index in [1.807, 2.05) is 0 Å². The molecule has 0 aromatic rings. The molecule has 2 unspecified atom stereocenters. The molecular formula is C9HF19O2. The fraction of sp³-hybridized carbons (Fsp3) is 1.00. The maximum atomic E-state index is 13.5. The highest BCUT2D eigenvalue weighted by Crippen LogP contribution is 2.57. The van der Waals surface area contributed by atoms with Gasteiger partial charge in [0.05, 0.1) is 0 Å². The van der Waals surface area contributed by atoms with Gasteiger partial charge in [-0.25, -0.2) is 8.78 Å². The highest BCUT2D eigenvalue weighted by atomic mass is 19.4. The second kappa shape index (κ2) is 7.33. The Kier molecular flexibility index (Phi) is 6.98. The Hall–Kier alpha value is -1.41. The number of ether oxygens (including phenoxy) is 2. The molecule has 0 bridgehead atoms. The van der Waals surface area contributed by atoms with Crippen molar-refractivity contribution in [3.05, 3.63) is 0 Å². The molecule has 0 N–H and O–H groups in total. The van der Waals surface area contributed by atoms with Crippen LogP contribution in [-0.2, 0) is 9.47 Å². The first kappa shape index (κ1) is 28.6. The maximum Gasteiger partial charge on any atom is 0.462 e. The van der Waals surface area contributed by atoms with Gasteiger partial charge in [0.15, 0.2) is 0 Å². The van der Waals surface area contributed by atoms with Crippen LogP contribution in [0.3, 0.4) is 0 Å². The lowest BCUT2D eigenvalue weighted by atomic mass is 10.2. The van der Waals surface area contributed by atoms with Gasteiger partial charge in [0.1, 0.15) is 0 Å². The lowest BCUT2D eigenvalue weighted by Crippen LogP contribution is -2.68. The molecule has 182 valence electrons. The van der Waals surface area contributed by atoms with Crippen LogP contribution in [0.5, 0.6) is 0 Å². The summed E-state index contributed by atoms with van der Waals surface area (Å²) in [4.78, 5) is 0. The highest BCUT2D eigenvalue weighted by Gasteiger charge is 2.85. The summed E-state index contributed by atoms with van der Waals surface area (Å²) in [6.45, 7) is 0. The molecule has 0 aromatic heterocycles. The fourth-order valence-corrected chi connectivity index (χ4v) is 1.17. The van der Waals surface area contributed by atoms with E-state index in [0.717, 1.165) is 4.74 Å². The van der Waals surface area contributed by atoms with Crippen LogP contribution in [0, 0.1) is 0 Å². The van der Waals surface area contributed by atoms with E-state index in [-0.39, 0.29) is 0 Å². The van der Waals surface area contributed by atoms with Crippen molar-refractivity contribution in [3.8, 4) is 0 Å². The fourth-order valence-electron chi connectivity index (χ4n) is 1.17. The van der Waals surface area contributed by atoms with E-state index in [1.54, 1.807) is 0 Å². The van der Waals surface area contributed by atoms with E-state index in [2.05, 4.69) is 0 Å². The van der Waals surface area contributed by atoms with Crippen molar-refractivity contribution >= 4 is 0 Å². The average Bonchev–Trinajstić information content (AvgIpc) is 2.41. The molecule has 0 aliphatic carbocycles. The molecule has 0 saturated heterocycles. The zero-order valence-electron chi connectivity index (χ0n) is 12.6. The van der Waals surface area contributed by atoms with Crippen LogP contribution in [0.2, 0.25) is 0 Å². The van der Waals surface area contributed by atoms with E-state index in [0.29, 0.717) is 0 Å². The van der Waals surface area contributed by atoms with Crippen LogP contribution in [0.1, 0.15) is 0 Å². The molecule has 0 fully saturated rings. The summed E-state index contributed by atoms with van der Waals surface area (Å²) >= 11 is 0. The second-order valence-corrected chi connectivity index (χ2v) is 4.85. The Bertz CT molecular complexity index is 601. The molecular weight excluding hydrogens is 501 g/mol. The summed E-state index contributed by atoms with van der Waals surface area (Å²) < 4.78 is 239. The van der Waals surface area contributed by atoms with Crippen LogP contribution in [0.15, 0.2) is 0 Å². The number of rotatable bonds is 7. The maximum absolute atomic E-state index is 13.5. The normalized spacial score (nSPS) is 19.6. The van der Waals surface area contributed by atoms with Gasteiger partial charge in [0, 0.05) is 0 Å². The largest absolute Gasteiger partial charge is 0.462 e. The van der Waals surface area contributed by atoms with Gasteiger partial charge < -0.3 is 0 Å². The lowest BCUT2D eigenvalue weighted by molar-refractivity contribution is -0.556. The molecule has 0 aliphatic rings. The van der Waals surface area contributed by atoms with Crippen molar-refractivity contribution in [1.29, 1.82) is 0 Å². The van der Waals surface area contributed by atoms with E-state index >= 15 is 0 Å². The molecule has 0 heterocycles.